The number of pyridine rings is 1. The first-order valence-electron chi connectivity index (χ1n) is 12.0. The highest BCUT2D eigenvalue weighted by Gasteiger charge is 2.25. The van der Waals surface area contributed by atoms with E-state index in [1.807, 2.05) is 12.1 Å². The number of fused-ring (bicyclic) bond motifs is 1. The molecule has 0 atom stereocenters. The highest BCUT2D eigenvalue weighted by molar-refractivity contribution is 5.89. The summed E-state index contributed by atoms with van der Waals surface area (Å²) in [7, 11) is 0. The molecule has 3 heterocycles. The summed E-state index contributed by atoms with van der Waals surface area (Å²) in [5.41, 5.74) is 0. The summed E-state index contributed by atoms with van der Waals surface area (Å²) in [6.07, 6.45) is 6.69. The van der Waals surface area contributed by atoms with Crippen molar-refractivity contribution in [2.24, 2.45) is 0 Å². The lowest BCUT2D eigenvalue weighted by Gasteiger charge is -2.31. The third kappa shape index (κ3) is 5.89. The van der Waals surface area contributed by atoms with Gasteiger partial charge < -0.3 is 29.5 Å². The van der Waals surface area contributed by atoms with Gasteiger partial charge in [-0.2, -0.15) is 4.98 Å². The van der Waals surface area contributed by atoms with Crippen LogP contribution in [-0.2, 0) is 9.53 Å². The fourth-order valence-electron chi connectivity index (χ4n) is 4.47. The molecular formula is C25H29N5O5. The van der Waals surface area contributed by atoms with E-state index in [-0.39, 0.29) is 12.1 Å². The first kappa shape index (κ1) is 23.1. The lowest BCUT2D eigenvalue weighted by Crippen LogP contribution is -2.37. The molecule has 0 bridgehead atoms. The molecular weight excluding hydrogens is 450 g/mol. The molecule has 2 fully saturated rings. The van der Waals surface area contributed by atoms with Crippen LogP contribution < -0.4 is 19.7 Å². The molecule has 1 aromatic carbocycles. The number of nitrogens with one attached hydrogen (secondary N) is 1. The van der Waals surface area contributed by atoms with Crippen LogP contribution in [0.25, 0.3) is 10.8 Å². The average Bonchev–Trinajstić information content (AvgIpc) is 2.90. The minimum absolute atomic E-state index is 0.0941. The molecule has 3 aromatic rings. The van der Waals surface area contributed by atoms with Crippen LogP contribution in [0.4, 0.5) is 11.8 Å². The minimum atomic E-state index is -1.04. The Balaban J connectivity index is 1.19. The lowest BCUT2D eigenvalue weighted by molar-refractivity contribution is -0.139. The van der Waals surface area contributed by atoms with E-state index in [4.69, 9.17) is 24.3 Å². The van der Waals surface area contributed by atoms with E-state index in [1.165, 1.54) is 12.4 Å². The van der Waals surface area contributed by atoms with Crippen LogP contribution in [-0.4, -0.2) is 71.1 Å². The first-order chi connectivity index (χ1) is 17.1. The predicted octanol–water partition coefficient (Wildman–Crippen LogP) is 3.13. The molecule has 0 spiro atoms. The molecule has 1 saturated carbocycles. The summed E-state index contributed by atoms with van der Waals surface area (Å²) in [6.45, 7) is 2.67. The molecule has 5 rings (SSSR count). The number of anilines is 2. The van der Waals surface area contributed by atoms with Crippen molar-refractivity contribution in [2.45, 2.75) is 37.8 Å². The molecule has 0 radical (unpaired) electrons. The number of carboxylic acid groups (broad SMARTS) is 1. The Morgan fingerprint density at radius 1 is 1.11 bits per heavy atom. The van der Waals surface area contributed by atoms with E-state index in [2.05, 4.69) is 38.4 Å². The van der Waals surface area contributed by atoms with Gasteiger partial charge in [-0.3, -0.25) is 0 Å². The maximum absolute atomic E-state index is 10.6. The summed E-state index contributed by atoms with van der Waals surface area (Å²) in [5, 5.41) is 14.2. The smallest absolute Gasteiger partial charge is 0.341 e. The standard InChI is InChI=1S/C25H29N5O5/c31-23(32)16-34-20-14-26-25(27-15-20)28-18-5-7-19(8-6-18)35-24-21-4-2-1-3-17(21)13-22(29-24)30-9-11-33-12-10-30/h1-4,13-15,18-19H,5-12,16H2,(H,31,32)(H,26,27,28). The molecule has 10 nitrogen and oxygen atoms in total. The molecule has 1 aliphatic carbocycles. The first-order valence-corrected chi connectivity index (χ1v) is 12.0. The van der Waals surface area contributed by atoms with Gasteiger partial charge in [0.1, 0.15) is 11.9 Å². The van der Waals surface area contributed by atoms with Crippen LogP contribution in [0.2, 0.25) is 0 Å². The zero-order valence-electron chi connectivity index (χ0n) is 19.4. The molecule has 184 valence electrons. The van der Waals surface area contributed by atoms with Crippen molar-refractivity contribution in [3.8, 4) is 11.6 Å². The number of nitrogens with zero attached hydrogens (tertiary/aromatic N) is 4. The molecule has 2 aromatic heterocycles. The molecule has 0 amide bonds. The topological polar surface area (TPSA) is 119 Å². The van der Waals surface area contributed by atoms with Crippen molar-refractivity contribution in [2.75, 3.05) is 43.1 Å². The summed E-state index contributed by atoms with van der Waals surface area (Å²) in [4.78, 5) is 26.2. The molecule has 1 aliphatic heterocycles. The second-order valence-corrected chi connectivity index (χ2v) is 8.77. The number of benzene rings is 1. The summed E-state index contributed by atoms with van der Waals surface area (Å²) < 4.78 is 17.0. The van der Waals surface area contributed by atoms with Crippen LogP contribution in [0.5, 0.6) is 11.6 Å². The summed E-state index contributed by atoms with van der Waals surface area (Å²) in [5.74, 6) is 1.42. The third-order valence-corrected chi connectivity index (χ3v) is 6.30. The maximum Gasteiger partial charge on any atom is 0.341 e. The fraction of sp³-hybridized carbons (Fsp3) is 0.440. The Hall–Kier alpha value is -3.66. The van der Waals surface area contributed by atoms with Gasteiger partial charge in [-0.05, 0) is 43.2 Å². The van der Waals surface area contributed by atoms with Gasteiger partial charge in [-0.15, -0.1) is 0 Å². The molecule has 35 heavy (non-hydrogen) atoms. The number of ether oxygens (including phenoxy) is 3. The van der Waals surface area contributed by atoms with E-state index in [1.54, 1.807) is 0 Å². The molecule has 1 saturated heterocycles. The van der Waals surface area contributed by atoms with Gasteiger partial charge in [0, 0.05) is 24.5 Å². The average molecular weight is 480 g/mol. The van der Waals surface area contributed by atoms with Crippen LogP contribution in [0.15, 0.2) is 42.7 Å². The van der Waals surface area contributed by atoms with Gasteiger partial charge in [-0.1, -0.05) is 18.2 Å². The number of hydrogen-bond acceptors (Lipinski definition) is 9. The Morgan fingerprint density at radius 3 is 2.60 bits per heavy atom. The van der Waals surface area contributed by atoms with Crippen molar-refractivity contribution in [3.63, 3.8) is 0 Å². The molecule has 0 unspecified atom stereocenters. The second-order valence-electron chi connectivity index (χ2n) is 8.77. The van der Waals surface area contributed by atoms with Crippen LogP contribution in [0.3, 0.4) is 0 Å². The zero-order chi connectivity index (χ0) is 24.0. The number of morpholine rings is 1. The van der Waals surface area contributed by atoms with E-state index in [0.29, 0.717) is 30.8 Å². The highest BCUT2D eigenvalue weighted by Crippen LogP contribution is 2.32. The normalized spacial score (nSPS) is 20.4. The van der Waals surface area contributed by atoms with Gasteiger partial charge in [0.15, 0.2) is 12.4 Å². The Kier molecular flexibility index (Phi) is 7.08. The number of aromatic nitrogens is 3. The van der Waals surface area contributed by atoms with Crippen molar-refractivity contribution in [1.29, 1.82) is 0 Å². The summed E-state index contributed by atoms with van der Waals surface area (Å²) in [6, 6.07) is 10.6. The molecule has 2 aliphatic rings. The van der Waals surface area contributed by atoms with E-state index in [9.17, 15) is 4.79 Å². The zero-order valence-corrected chi connectivity index (χ0v) is 19.4. The van der Waals surface area contributed by atoms with Crippen molar-refractivity contribution in [3.05, 3.63) is 42.7 Å². The predicted molar refractivity (Wildman–Crippen MR) is 130 cm³/mol. The van der Waals surface area contributed by atoms with E-state index >= 15 is 0 Å². The summed E-state index contributed by atoms with van der Waals surface area (Å²) >= 11 is 0. The molecule has 10 heteroatoms. The Morgan fingerprint density at radius 2 is 1.86 bits per heavy atom. The quantitative estimate of drug-likeness (QED) is 0.499. The van der Waals surface area contributed by atoms with Gasteiger partial charge in [0.25, 0.3) is 0 Å². The van der Waals surface area contributed by atoms with Gasteiger partial charge in [0.05, 0.1) is 25.6 Å². The number of hydrogen-bond donors (Lipinski definition) is 2. The number of rotatable bonds is 8. The van der Waals surface area contributed by atoms with Crippen molar-refractivity contribution < 1.29 is 24.1 Å². The van der Waals surface area contributed by atoms with E-state index in [0.717, 1.165) is 55.4 Å². The number of carbonyl (C=O) groups is 1. The van der Waals surface area contributed by atoms with Gasteiger partial charge >= 0.3 is 5.97 Å². The van der Waals surface area contributed by atoms with Gasteiger partial charge in [-0.25, -0.2) is 14.8 Å². The second kappa shape index (κ2) is 10.7. The Bertz CT molecular complexity index is 1140. The fourth-order valence-corrected chi connectivity index (χ4v) is 4.47. The number of carboxylic acids is 1. The van der Waals surface area contributed by atoms with E-state index < -0.39 is 12.6 Å². The molecule has 2 N–H and O–H groups in total. The number of aliphatic carboxylic acids is 1. The van der Waals surface area contributed by atoms with Crippen molar-refractivity contribution >= 4 is 28.5 Å². The van der Waals surface area contributed by atoms with Crippen LogP contribution in [0, 0.1) is 0 Å². The maximum atomic E-state index is 10.6. The van der Waals surface area contributed by atoms with Crippen LogP contribution in [0.1, 0.15) is 25.7 Å². The lowest BCUT2D eigenvalue weighted by atomic mass is 9.93. The largest absolute Gasteiger partial charge is 0.479 e. The third-order valence-electron chi connectivity index (χ3n) is 6.30. The minimum Gasteiger partial charge on any atom is -0.479 e. The van der Waals surface area contributed by atoms with Gasteiger partial charge in [0.2, 0.25) is 11.8 Å². The highest BCUT2D eigenvalue weighted by atomic mass is 16.5. The van der Waals surface area contributed by atoms with Crippen molar-refractivity contribution in [1.82, 2.24) is 15.0 Å². The van der Waals surface area contributed by atoms with Crippen LogP contribution >= 0.6 is 0 Å². The SMILES string of the molecule is O=C(O)COc1cnc(NC2CCC(Oc3nc(N4CCOCC4)cc4ccccc34)CC2)nc1. The Labute approximate surface area is 203 Å². The monoisotopic (exact) mass is 479 g/mol.